The molecule has 0 bridgehead atoms. The van der Waals surface area contributed by atoms with Crippen molar-refractivity contribution < 1.29 is 18.4 Å². The van der Waals surface area contributed by atoms with E-state index in [1.165, 1.54) is 42.6 Å². The first-order valence-corrected chi connectivity index (χ1v) is 10.9. The molecule has 0 amide bonds. The zero-order valence-corrected chi connectivity index (χ0v) is 19.1. The molecule has 2 aromatic heterocycles. The summed E-state index contributed by atoms with van der Waals surface area (Å²) in [6.07, 6.45) is 6.52. The van der Waals surface area contributed by atoms with Crippen LogP contribution < -0.4 is 20.7 Å². The van der Waals surface area contributed by atoms with Gasteiger partial charge in [-0.15, -0.1) is 0 Å². The number of nitrogen functional groups attached to an aromatic ring is 1. The molecule has 37 heavy (non-hydrogen) atoms. The van der Waals surface area contributed by atoms with E-state index in [1.807, 2.05) is 18.3 Å². The Morgan fingerprint density at radius 3 is 2.51 bits per heavy atom. The fraction of sp³-hybridized carbons (Fsp3) is 0. The molecule has 5 rings (SSSR count). The lowest BCUT2D eigenvalue weighted by atomic mass is 10.0. The molecular weight excluding hydrogens is 482 g/mol. The first-order chi connectivity index (χ1) is 17.8. The maximum absolute atomic E-state index is 14.9. The minimum Gasteiger partial charge on any atom is -0.447 e. The molecule has 3 heterocycles. The number of hydrogen-bond acceptors (Lipinski definition) is 8. The summed E-state index contributed by atoms with van der Waals surface area (Å²) in [5.41, 5.74) is 8.18. The predicted molar refractivity (Wildman–Crippen MR) is 136 cm³/mol. The van der Waals surface area contributed by atoms with Crippen molar-refractivity contribution >= 4 is 40.5 Å². The van der Waals surface area contributed by atoms with Crippen molar-refractivity contribution in [1.82, 2.24) is 9.97 Å². The van der Waals surface area contributed by atoms with Gasteiger partial charge in [0.25, 0.3) is 0 Å². The summed E-state index contributed by atoms with van der Waals surface area (Å²) >= 11 is 0. The molecule has 0 saturated heterocycles. The predicted octanol–water partition coefficient (Wildman–Crippen LogP) is 6.24. The van der Waals surface area contributed by atoms with E-state index >= 15 is 0 Å². The Balaban J connectivity index is 1.42. The lowest BCUT2D eigenvalue weighted by Crippen LogP contribution is -2.18. The second-order valence-electron chi connectivity index (χ2n) is 7.90. The topological polar surface area (TPSA) is 119 Å². The van der Waals surface area contributed by atoms with Crippen molar-refractivity contribution in [2.24, 2.45) is 0 Å². The number of anilines is 4. The molecule has 0 radical (unpaired) electrons. The van der Waals surface area contributed by atoms with Gasteiger partial charge in [-0.25, -0.2) is 18.7 Å². The Kier molecular flexibility index (Phi) is 5.94. The number of pyridine rings is 2. The summed E-state index contributed by atoms with van der Waals surface area (Å²) in [7, 11) is 0. The molecule has 0 unspecified atom stereocenters. The average molecular weight is 500 g/mol. The highest BCUT2D eigenvalue weighted by Gasteiger charge is 2.23. The third-order valence-corrected chi connectivity index (χ3v) is 5.58. The average Bonchev–Trinajstić information content (AvgIpc) is 2.86. The molecule has 9 nitrogen and oxygen atoms in total. The fourth-order valence-corrected chi connectivity index (χ4v) is 3.86. The van der Waals surface area contributed by atoms with E-state index in [9.17, 15) is 18.9 Å². The molecule has 0 atom stereocenters. The van der Waals surface area contributed by atoms with Crippen molar-refractivity contribution in [2.45, 2.75) is 0 Å². The molecule has 0 fully saturated rings. The first kappa shape index (κ1) is 23.4. The number of halogens is 2. The van der Waals surface area contributed by atoms with Gasteiger partial charge in [0.05, 0.1) is 4.92 Å². The Morgan fingerprint density at radius 1 is 1.03 bits per heavy atom. The van der Waals surface area contributed by atoms with Crippen LogP contribution in [0.3, 0.4) is 0 Å². The molecule has 0 aliphatic carbocycles. The fourth-order valence-electron chi connectivity index (χ4n) is 3.86. The molecule has 4 aromatic rings. The van der Waals surface area contributed by atoms with Gasteiger partial charge in [0.2, 0.25) is 11.6 Å². The largest absolute Gasteiger partial charge is 0.447 e. The van der Waals surface area contributed by atoms with Crippen LogP contribution in [0, 0.1) is 21.7 Å². The van der Waals surface area contributed by atoms with Crippen LogP contribution >= 0.6 is 0 Å². The highest BCUT2D eigenvalue weighted by molar-refractivity contribution is 5.93. The van der Waals surface area contributed by atoms with Gasteiger partial charge in [0.15, 0.2) is 11.6 Å². The van der Waals surface area contributed by atoms with E-state index in [0.717, 1.165) is 5.56 Å². The number of rotatable bonds is 6. The zero-order chi connectivity index (χ0) is 26.1. The number of benzene rings is 2. The van der Waals surface area contributed by atoms with E-state index in [2.05, 4.69) is 21.9 Å². The summed E-state index contributed by atoms with van der Waals surface area (Å²) in [6.45, 7) is 4.18. The smallest absolute Gasteiger partial charge is 0.353 e. The van der Waals surface area contributed by atoms with Gasteiger partial charge in [0.1, 0.15) is 11.6 Å². The van der Waals surface area contributed by atoms with Crippen molar-refractivity contribution in [3.8, 4) is 11.5 Å². The third kappa shape index (κ3) is 4.52. The van der Waals surface area contributed by atoms with Gasteiger partial charge in [0, 0.05) is 53.4 Å². The maximum atomic E-state index is 14.9. The van der Waals surface area contributed by atoms with E-state index in [1.54, 1.807) is 23.2 Å². The number of fused-ring (bicyclic) bond motifs is 1. The molecule has 184 valence electrons. The van der Waals surface area contributed by atoms with Crippen LogP contribution in [0.2, 0.25) is 0 Å². The molecule has 3 N–H and O–H groups in total. The van der Waals surface area contributed by atoms with Gasteiger partial charge in [-0.05, 0) is 54.1 Å². The summed E-state index contributed by atoms with van der Waals surface area (Å²) in [5.74, 6) is -1.52. The van der Waals surface area contributed by atoms with Crippen LogP contribution in [0.5, 0.6) is 11.5 Å². The van der Waals surface area contributed by atoms with E-state index in [-0.39, 0.29) is 23.1 Å². The Bertz CT molecular complexity index is 1570. The van der Waals surface area contributed by atoms with E-state index in [4.69, 9.17) is 10.5 Å². The maximum Gasteiger partial charge on any atom is 0.353 e. The van der Waals surface area contributed by atoms with Crippen LogP contribution in [0.1, 0.15) is 11.1 Å². The number of nitrogens with one attached hydrogen (secondary N) is 1. The number of nitrogens with two attached hydrogens (primary N) is 1. The van der Waals surface area contributed by atoms with Crippen molar-refractivity contribution in [2.75, 3.05) is 16.0 Å². The van der Waals surface area contributed by atoms with Crippen molar-refractivity contribution in [3.63, 3.8) is 0 Å². The minimum absolute atomic E-state index is 0.236. The van der Waals surface area contributed by atoms with Crippen LogP contribution in [0.4, 0.5) is 37.5 Å². The Labute approximate surface area is 209 Å². The monoisotopic (exact) mass is 500 g/mol. The highest BCUT2D eigenvalue weighted by atomic mass is 19.1. The quantitative estimate of drug-likeness (QED) is 0.236. The number of ether oxygens (including phenoxy) is 1. The van der Waals surface area contributed by atoms with E-state index < -0.39 is 16.4 Å². The standard InChI is InChI=1S/C26H18F2N6O3/c1-15-23-16(10-13-33(15)19-5-2-17(27)3-6-19)8-11-31-26(23)32-18-4-7-21(20(28)14-18)37-22-9-12-30-25(29)24(22)34(35)36/h2-14H,1H2,(H2,29,30)(H,31,32). The van der Waals surface area contributed by atoms with Crippen LogP contribution in [-0.2, 0) is 0 Å². The lowest BCUT2D eigenvalue weighted by molar-refractivity contribution is -0.384. The van der Waals surface area contributed by atoms with Gasteiger partial charge in [-0.3, -0.25) is 10.1 Å². The van der Waals surface area contributed by atoms with Gasteiger partial charge in [-0.1, -0.05) is 6.58 Å². The third-order valence-electron chi connectivity index (χ3n) is 5.58. The second-order valence-corrected chi connectivity index (χ2v) is 7.90. The molecule has 2 aromatic carbocycles. The molecule has 1 aliphatic heterocycles. The molecule has 1 aliphatic rings. The van der Waals surface area contributed by atoms with E-state index in [0.29, 0.717) is 28.5 Å². The Morgan fingerprint density at radius 2 is 1.78 bits per heavy atom. The molecule has 0 spiro atoms. The molecule has 11 heteroatoms. The summed E-state index contributed by atoms with van der Waals surface area (Å²) < 4.78 is 33.8. The highest BCUT2D eigenvalue weighted by Crippen LogP contribution is 2.38. The SMILES string of the molecule is C=C1c2c(ccnc2Nc2ccc(Oc3ccnc(N)c3[N+](=O)[O-])c(F)c2)C=CN1c1ccc(F)cc1. The first-order valence-electron chi connectivity index (χ1n) is 10.9. The molecule has 0 saturated carbocycles. The number of hydrogen-bond donors (Lipinski definition) is 2. The second kappa shape index (κ2) is 9.38. The van der Waals surface area contributed by atoms with Gasteiger partial charge < -0.3 is 20.7 Å². The lowest BCUT2D eigenvalue weighted by Gasteiger charge is -2.29. The van der Waals surface area contributed by atoms with Gasteiger partial charge in [-0.2, -0.15) is 0 Å². The summed E-state index contributed by atoms with van der Waals surface area (Å²) in [6, 6.07) is 13.1. The number of nitrogens with zero attached hydrogens (tertiary/aromatic N) is 4. The number of aromatic nitrogens is 2. The summed E-state index contributed by atoms with van der Waals surface area (Å²) in [4.78, 5) is 20.4. The normalized spacial score (nSPS) is 12.3. The van der Waals surface area contributed by atoms with Crippen molar-refractivity contribution in [1.29, 1.82) is 0 Å². The Hall–Kier alpha value is -5.32. The number of nitro groups is 1. The van der Waals surface area contributed by atoms with Crippen LogP contribution in [0.25, 0.3) is 11.8 Å². The summed E-state index contributed by atoms with van der Waals surface area (Å²) in [5, 5.41) is 14.4. The molecular formula is C26H18F2N6O3. The van der Waals surface area contributed by atoms with Crippen molar-refractivity contribution in [3.05, 3.63) is 113 Å². The minimum atomic E-state index is -0.772. The van der Waals surface area contributed by atoms with Crippen LogP contribution in [0.15, 0.2) is 79.8 Å². The van der Waals surface area contributed by atoms with Crippen LogP contribution in [-0.4, -0.2) is 14.9 Å². The zero-order valence-electron chi connectivity index (χ0n) is 19.1. The van der Waals surface area contributed by atoms with Gasteiger partial charge >= 0.3 is 5.69 Å².